The number of nitrogens with two attached hydrogens (primary N) is 1. The fraction of sp³-hybridized carbons (Fsp3) is 0.250. The van der Waals surface area contributed by atoms with Crippen LogP contribution in [-0.4, -0.2) is 4.98 Å². The fourth-order valence-corrected chi connectivity index (χ4v) is 2.67. The van der Waals surface area contributed by atoms with E-state index in [0.29, 0.717) is 5.13 Å². The summed E-state index contributed by atoms with van der Waals surface area (Å²) < 4.78 is 13.1. The highest BCUT2D eigenvalue weighted by atomic mass is 32.1. The first kappa shape index (κ1) is 11.1. The van der Waals surface area contributed by atoms with Crippen LogP contribution in [0.3, 0.4) is 0 Å². The van der Waals surface area contributed by atoms with E-state index in [2.05, 4.69) is 4.98 Å². The van der Waals surface area contributed by atoms with Gasteiger partial charge in [-0.1, -0.05) is 19.1 Å². The SMILES string of the molecule is Cc1nc(N)sc1C(C)c1cccc(F)c1. The lowest BCUT2D eigenvalue weighted by Crippen LogP contribution is -1.96. The first-order chi connectivity index (χ1) is 7.58. The minimum atomic E-state index is -0.209. The number of halogens is 1. The summed E-state index contributed by atoms with van der Waals surface area (Å²) in [4.78, 5) is 5.28. The van der Waals surface area contributed by atoms with Gasteiger partial charge in [0, 0.05) is 10.8 Å². The zero-order valence-corrected chi connectivity index (χ0v) is 10.0. The first-order valence-corrected chi connectivity index (χ1v) is 5.88. The molecular weight excluding hydrogens is 223 g/mol. The van der Waals surface area contributed by atoms with E-state index < -0.39 is 0 Å². The molecule has 1 aromatic carbocycles. The highest BCUT2D eigenvalue weighted by Crippen LogP contribution is 2.32. The molecule has 2 nitrogen and oxygen atoms in total. The summed E-state index contributed by atoms with van der Waals surface area (Å²) in [6.45, 7) is 3.96. The summed E-state index contributed by atoms with van der Waals surface area (Å²) in [5.74, 6) is -0.0787. The maximum absolute atomic E-state index is 13.1. The van der Waals surface area contributed by atoms with Crippen LogP contribution in [0.5, 0.6) is 0 Å². The Labute approximate surface area is 97.9 Å². The van der Waals surface area contributed by atoms with E-state index in [1.807, 2.05) is 19.9 Å². The van der Waals surface area contributed by atoms with Crippen molar-refractivity contribution in [1.82, 2.24) is 4.98 Å². The number of hydrogen-bond donors (Lipinski definition) is 1. The third-order valence-electron chi connectivity index (χ3n) is 2.59. The van der Waals surface area contributed by atoms with Gasteiger partial charge in [-0.15, -0.1) is 11.3 Å². The number of anilines is 1. The molecule has 0 amide bonds. The van der Waals surface area contributed by atoms with Gasteiger partial charge < -0.3 is 5.73 Å². The largest absolute Gasteiger partial charge is 0.375 e. The third-order valence-corrected chi connectivity index (χ3v) is 3.76. The lowest BCUT2D eigenvalue weighted by molar-refractivity contribution is 0.624. The maximum atomic E-state index is 13.1. The molecular formula is C12H13FN2S. The van der Waals surface area contributed by atoms with E-state index in [-0.39, 0.29) is 11.7 Å². The normalized spacial score (nSPS) is 12.7. The molecule has 2 N–H and O–H groups in total. The van der Waals surface area contributed by atoms with Crippen LogP contribution in [0.4, 0.5) is 9.52 Å². The van der Waals surface area contributed by atoms with Gasteiger partial charge in [0.25, 0.3) is 0 Å². The Morgan fingerprint density at radius 3 is 2.75 bits per heavy atom. The molecule has 0 aliphatic heterocycles. The van der Waals surface area contributed by atoms with Crippen LogP contribution in [0.1, 0.15) is 29.0 Å². The van der Waals surface area contributed by atoms with Gasteiger partial charge in [-0.2, -0.15) is 0 Å². The Morgan fingerprint density at radius 2 is 2.19 bits per heavy atom. The summed E-state index contributed by atoms with van der Waals surface area (Å²) in [6, 6.07) is 6.65. The van der Waals surface area contributed by atoms with E-state index in [1.165, 1.54) is 17.4 Å². The minimum absolute atomic E-state index is 0.130. The third kappa shape index (κ3) is 2.07. The zero-order chi connectivity index (χ0) is 11.7. The molecule has 1 unspecified atom stereocenters. The minimum Gasteiger partial charge on any atom is -0.375 e. The van der Waals surface area contributed by atoms with Crippen LogP contribution in [0.2, 0.25) is 0 Å². The summed E-state index contributed by atoms with van der Waals surface area (Å²) in [7, 11) is 0. The molecule has 1 heterocycles. The number of aromatic nitrogens is 1. The lowest BCUT2D eigenvalue weighted by Gasteiger charge is -2.10. The molecule has 84 valence electrons. The number of rotatable bonds is 2. The second-order valence-corrected chi connectivity index (χ2v) is 4.84. The van der Waals surface area contributed by atoms with E-state index in [9.17, 15) is 4.39 Å². The molecule has 1 aromatic heterocycles. The van der Waals surface area contributed by atoms with Crippen molar-refractivity contribution in [2.45, 2.75) is 19.8 Å². The van der Waals surface area contributed by atoms with Gasteiger partial charge in [-0.05, 0) is 24.6 Å². The fourth-order valence-electron chi connectivity index (χ4n) is 1.76. The van der Waals surface area contributed by atoms with Crippen molar-refractivity contribution in [3.8, 4) is 0 Å². The topological polar surface area (TPSA) is 38.9 Å². The van der Waals surface area contributed by atoms with Crippen molar-refractivity contribution in [1.29, 1.82) is 0 Å². The standard InChI is InChI=1S/C12H13FN2S/c1-7(9-4-3-5-10(13)6-9)11-8(2)15-12(14)16-11/h3-7H,1-2H3,(H2,14,15). The average molecular weight is 236 g/mol. The molecule has 4 heteroatoms. The van der Waals surface area contributed by atoms with Crippen molar-refractivity contribution in [2.24, 2.45) is 0 Å². The van der Waals surface area contributed by atoms with Gasteiger partial charge in [-0.25, -0.2) is 9.37 Å². The predicted octanol–water partition coefficient (Wildman–Crippen LogP) is 3.32. The molecule has 0 spiro atoms. The molecule has 0 radical (unpaired) electrons. The van der Waals surface area contributed by atoms with Crippen molar-refractivity contribution in [2.75, 3.05) is 5.73 Å². The van der Waals surface area contributed by atoms with Crippen LogP contribution >= 0.6 is 11.3 Å². The van der Waals surface area contributed by atoms with E-state index in [4.69, 9.17) is 5.73 Å². The number of nitrogens with zero attached hydrogens (tertiary/aromatic N) is 1. The number of nitrogen functional groups attached to an aromatic ring is 1. The number of thiazole rings is 1. The van der Waals surface area contributed by atoms with Crippen LogP contribution < -0.4 is 5.73 Å². The van der Waals surface area contributed by atoms with Gasteiger partial charge in [-0.3, -0.25) is 0 Å². The predicted molar refractivity (Wildman–Crippen MR) is 65.2 cm³/mol. The summed E-state index contributed by atoms with van der Waals surface area (Å²) in [5.41, 5.74) is 7.54. The van der Waals surface area contributed by atoms with Crippen LogP contribution in [0.15, 0.2) is 24.3 Å². The van der Waals surface area contributed by atoms with E-state index in [1.54, 1.807) is 12.1 Å². The number of benzene rings is 1. The first-order valence-electron chi connectivity index (χ1n) is 5.06. The second-order valence-electron chi connectivity index (χ2n) is 3.78. The molecule has 0 aliphatic carbocycles. The Kier molecular flexibility index (Phi) is 2.92. The molecule has 0 bridgehead atoms. The summed E-state index contributed by atoms with van der Waals surface area (Å²) in [6.07, 6.45) is 0. The number of hydrogen-bond acceptors (Lipinski definition) is 3. The second kappa shape index (κ2) is 4.22. The van der Waals surface area contributed by atoms with Crippen molar-refractivity contribution < 1.29 is 4.39 Å². The van der Waals surface area contributed by atoms with Crippen molar-refractivity contribution >= 4 is 16.5 Å². The molecule has 16 heavy (non-hydrogen) atoms. The van der Waals surface area contributed by atoms with E-state index >= 15 is 0 Å². The van der Waals surface area contributed by atoms with Gasteiger partial charge in [0.1, 0.15) is 5.82 Å². The zero-order valence-electron chi connectivity index (χ0n) is 9.20. The number of aryl methyl sites for hydroxylation is 1. The Balaban J connectivity index is 2.38. The smallest absolute Gasteiger partial charge is 0.180 e. The average Bonchev–Trinajstić information content (AvgIpc) is 2.57. The highest BCUT2D eigenvalue weighted by Gasteiger charge is 2.15. The molecule has 0 fully saturated rings. The van der Waals surface area contributed by atoms with Crippen molar-refractivity contribution in [3.05, 3.63) is 46.2 Å². The monoisotopic (exact) mass is 236 g/mol. The van der Waals surface area contributed by atoms with Gasteiger partial charge in [0.05, 0.1) is 5.69 Å². The quantitative estimate of drug-likeness (QED) is 0.868. The molecule has 2 rings (SSSR count). The Morgan fingerprint density at radius 1 is 1.44 bits per heavy atom. The summed E-state index contributed by atoms with van der Waals surface area (Å²) >= 11 is 1.47. The van der Waals surface area contributed by atoms with Gasteiger partial charge in [0.2, 0.25) is 0 Å². The van der Waals surface area contributed by atoms with Gasteiger partial charge >= 0.3 is 0 Å². The lowest BCUT2D eigenvalue weighted by atomic mass is 9.99. The Hall–Kier alpha value is -1.42. The maximum Gasteiger partial charge on any atom is 0.180 e. The molecule has 0 aliphatic rings. The Bertz CT molecular complexity index is 507. The van der Waals surface area contributed by atoms with Crippen LogP contribution in [-0.2, 0) is 0 Å². The van der Waals surface area contributed by atoms with Crippen LogP contribution in [0, 0.1) is 12.7 Å². The van der Waals surface area contributed by atoms with Crippen molar-refractivity contribution in [3.63, 3.8) is 0 Å². The van der Waals surface area contributed by atoms with Gasteiger partial charge in [0.15, 0.2) is 5.13 Å². The molecule has 1 atom stereocenters. The molecule has 0 saturated carbocycles. The molecule has 0 saturated heterocycles. The molecule has 2 aromatic rings. The highest BCUT2D eigenvalue weighted by molar-refractivity contribution is 7.15. The summed E-state index contributed by atoms with van der Waals surface area (Å²) in [5, 5.41) is 0.566. The van der Waals surface area contributed by atoms with E-state index in [0.717, 1.165) is 16.1 Å². The van der Waals surface area contributed by atoms with Crippen LogP contribution in [0.25, 0.3) is 0 Å².